The molecule has 1 aliphatic carbocycles. The summed E-state index contributed by atoms with van der Waals surface area (Å²) in [6, 6.07) is 20.2. The molecule has 0 aliphatic heterocycles. The minimum atomic E-state index is -1.40. The third-order valence-electron chi connectivity index (χ3n) is 6.19. The molecule has 0 bridgehead atoms. The van der Waals surface area contributed by atoms with Crippen molar-refractivity contribution in [3.63, 3.8) is 0 Å². The first-order valence-electron chi connectivity index (χ1n) is 11.0. The first kappa shape index (κ1) is 22.6. The maximum absolute atomic E-state index is 12.3. The highest BCUT2D eigenvalue weighted by Crippen LogP contribution is 2.44. The highest BCUT2D eigenvalue weighted by atomic mass is 16.5. The lowest BCUT2D eigenvalue weighted by molar-refractivity contribution is 0.0186. The summed E-state index contributed by atoms with van der Waals surface area (Å²) in [6.45, 7) is -0.159. The zero-order valence-corrected chi connectivity index (χ0v) is 18.4. The highest BCUT2D eigenvalue weighted by molar-refractivity contribution is 5.79. The molecule has 9 nitrogen and oxygen atoms in total. The summed E-state index contributed by atoms with van der Waals surface area (Å²) in [6.07, 6.45) is -3.50. The largest absolute Gasteiger partial charge is 0.449 e. The molecule has 4 N–H and O–H groups in total. The summed E-state index contributed by atoms with van der Waals surface area (Å²) in [7, 11) is 0. The SMILES string of the molecule is O=C(NCC(O)C(O)c1ccc2[nH]c(=O)oc(=O)c2c1)OCC1c2ccccc2-c2ccccc21. The van der Waals surface area contributed by atoms with E-state index in [2.05, 4.69) is 14.7 Å². The van der Waals surface area contributed by atoms with E-state index < -0.39 is 29.7 Å². The standard InChI is InChI=1S/C26H22N2O7/c29-22(23(30)14-9-10-21-19(11-14)24(31)35-26(33)28-21)12-27-25(32)34-13-20-17-7-3-1-5-15(17)16-6-2-4-8-18(16)20/h1-11,20,22-23,29-30H,12-13H2,(H,27,32)(H,28,33). The van der Waals surface area contributed by atoms with Gasteiger partial charge in [-0.15, -0.1) is 0 Å². The van der Waals surface area contributed by atoms with Gasteiger partial charge in [0, 0.05) is 12.5 Å². The molecule has 2 unspecified atom stereocenters. The number of fused-ring (bicyclic) bond motifs is 4. The normalized spacial score (nSPS) is 14.2. The van der Waals surface area contributed by atoms with Crippen molar-refractivity contribution in [2.75, 3.05) is 13.2 Å². The number of alkyl carbamates (subject to hydrolysis) is 1. The Morgan fingerprint density at radius 3 is 2.34 bits per heavy atom. The van der Waals surface area contributed by atoms with Crippen molar-refractivity contribution in [1.82, 2.24) is 10.3 Å². The first-order chi connectivity index (χ1) is 16.9. The zero-order chi connectivity index (χ0) is 24.5. The Morgan fingerprint density at radius 1 is 1.00 bits per heavy atom. The van der Waals surface area contributed by atoms with Crippen molar-refractivity contribution in [1.29, 1.82) is 0 Å². The topological polar surface area (TPSA) is 142 Å². The van der Waals surface area contributed by atoms with Crippen molar-refractivity contribution >= 4 is 17.0 Å². The van der Waals surface area contributed by atoms with E-state index in [1.54, 1.807) is 0 Å². The van der Waals surface area contributed by atoms with Crippen LogP contribution < -0.4 is 16.7 Å². The van der Waals surface area contributed by atoms with E-state index in [1.165, 1.54) is 18.2 Å². The Hall–Kier alpha value is -4.21. The minimum Gasteiger partial charge on any atom is -0.449 e. The van der Waals surface area contributed by atoms with E-state index in [9.17, 15) is 24.6 Å². The van der Waals surface area contributed by atoms with Crippen molar-refractivity contribution in [3.8, 4) is 11.1 Å². The minimum absolute atomic E-state index is 0.0536. The van der Waals surface area contributed by atoms with Gasteiger partial charge in [-0.2, -0.15) is 0 Å². The lowest BCUT2D eigenvalue weighted by atomic mass is 9.98. The molecule has 1 aromatic heterocycles. The van der Waals surface area contributed by atoms with Crippen LogP contribution in [-0.4, -0.2) is 40.5 Å². The average Bonchev–Trinajstić information content (AvgIpc) is 3.19. The van der Waals surface area contributed by atoms with Crippen LogP contribution in [0.1, 0.15) is 28.7 Å². The molecule has 9 heteroatoms. The third-order valence-corrected chi connectivity index (χ3v) is 6.19. The summed E-state index contributed by atoms with van der Waals surface area (Å²) in [5.74, 6) is -0.984. The number of aromatic amines is 1. The highest BCUT2D eigenvalue weighted by Gasteiger charge is 2.29. The van der Waals surface area contributed by atoms with E-state index in [4.69, 9.17) is 4.74 Å². The Bertz CT molecular complexity index is 1480. The van der Waals surface area contributed by atoms with Crippen molar-refractivity contribution in [2.24, 2.45) is 0 Å². The monoisotopic (exact) mass is 474 g/mol. The van der Waals surface area contributed by atoms with E-state index in [-0.39, 0.29) is 35.5 Å². The van der Waals surface area contributed by atoms with Crippen LogP contribution in [-0.2, 0) is 4.74 Å². The van der Waals surface area contributed by atoms with Gasteiger partial charge in [0.25, 0.3) is 0 Å². The van der Waals surface area contributed by atoms with Crippen molar-refractivity contribution < 1.29 is 24.2 Å². The Kier molecular flexibility index (Phi) is 5.94. The molecular weight excluding hydrogens is 452 g/mol. The van der Waals surface area contributed by atoms with Gasteiger partial charge in [0.15, 0.2) is 0 Å². The lowest BCUT2D eigenvalue weighted by Gasteiger charge is -2.19. The second kappa shape index (κ2) is 9.21. The number of hydrogen-bond donors (Lipinski definition) is 4. The number of hydrogen-bond acceptors (Lipinski definition) is 7. The van der Waals surface area contributed by atoms with Gasteiger partial charge >= 0.3 is 17.5 Å². The van der Waals surface area contributed by atoms with Crippen LogP contribution in [0.2, 0.25) is 0 Å². The fourth-order valence-electron chi connectivity index (χ4n) is 4.47. The molecule has 5 rings (SSSR count). The van der Waals surface area contributed by atoms with Crippen LogP contribution in [0, 0.1) is 0 Å². The van der Waals surface area contributed by atoms with Gasteiger partial charge in [0.05, 0.1) is 10.9 Å². The van der Waals surface area contributed by atoms with E-state index in [0.717, 1.165) is 22.3 Å². The molecule has 2 atom stereocenters. The fraction of sp³-hybridized carbons (Fsp3) is 0.192. The molecule has 35 heavy (non-hydrogen) atoms. The van der Waals surface area contributed by atoms with Crippen LogP contribution >= 0.6 is 0 Å². The number of aromatic nitrogens is 1. The van der Waals surface area contributed by atoms with E-state index in [1.807, 2.05) is 48.5 Å². The number of amides is 1. The number of rotatable bonds is 6. The number of benzene rings is 3. The van der Waals surface area contributed by atoms with Crippen LogP contribution in [0.15, 0.2) is 80.7 Å². The molecule has 1 heterocycles. The maximum atomic E-state index is 12.3. The van der Waals surface area contributed by atoms with Crippen LogP contribution in [0.3, 0.4) is 0 Å². The van der Waals surface area contributed by atoms with Crippen molar-refractivity contribution in [3.05, 3.63) is 104 Å². The number of carbonyl (C=O) groups excluding carboxylic acids is 1. The van der Waals surface area contributed by atoms with Gasteiger partial charge in [-0.25, -0.2) is 14.4 Å². The third kappa shape index (κ3) is 4.34. The summed E-state index contributed by atoms with van der Waals surface area (Å²) in [5.41, 5.74) is 4.00. The molecule has 1 amide bonds. The van der Waals surface area contributed by atoms with Crippen LogP contribution in [0.4, 0.5) is 4.79 Å². The number of aliphatic hydroxyl groups is 2. The Morgan fingerprint density at radius 2 is 1.66 bits per heavy atom. The second-order valence-electron chi connectivity index (χ2n) is 8.33. The van der Waals surface area contributed by atoms with Gasteiger partial charge in [0.2, 0.25) is 0 Å². The number of carbonyl (C=O) groups is 1. The molecule has 4 aromatic rings. The molecule has 0 saturated carbocycles. The average molecular weight is 474 g/mol. The Balaban J connectivity index is 1.21. The van der Waals surface area contributed by atoms with E-state index in [0.29, 0.717) is 0 Å². The van der Waals surface area contributed by atoms with Gasteiger partial charge in [0.1, 0.15) is 18.8 Å². The molecule has 0 spiro atoms. The summed E-state index contributed by atoms with van der Waals surface area (Å²) in [4.78, 5) is 37.9. The summed E-state index contributed by atoms with van der Waals surface area (Å²) >= 11 is 0. The molecule has 0 fully saturated rings. The molecule has 3 aromatic carbocycles. The molecule has 1 aliphatic rings. The molecule has 0 saturated heterocycles. The van der Waals surface area contributed by atoms with E-state index >= 15 is 0 Å². The lowest BCUT2D eigenvalue weighted by Crippen LogP contribution is -2.36. The predicted octanol–water partition coefficient (Wildman–Crippen LogP) is 2.41. The number of H-pyrrole nitrogens is 1. The van der Waals surface area contributed by atoms with Gasteiger partial charge in [-0.3, -0.25) is 4.98 Å². The smallest absolute Gasteiger partial charge is 0.419 e. The second-order valence-corrected chi connectivity index (χ2v) is 8.33. The number of nitrogens with one attached hydrogen (secondary N) is 2. The maximum Gasteiger partial charge on any atom is 0.419 e. The summed E-state index contributed by atoms with van der Waals surface area (Å²) in [5, 5.41) is 23.4. The van der Waals surface area contributed by atoms with Gasteiger partial charge in [-0.1, -0.05) is 54.6 Å². The quantitative estimate of drug-likeness (QED) is 0.336. The number of ether oxygens (including phenoxy) is 1. The van der Waals surface area contributed by atoms with Gasteiger partial charge < -0.3 is 24.7 Å². The van der Waals surface area contributed by atoms with Gasteiger partial charge in [-0.05, 0) is 39.9 Å². The number of aliphatic hydroxyl groups excluding tert-OH is 2. The summed E-state index contributed by atoms with van der Waals surface area (Å²) < 4.78 is 9.92. The molecule has 0 radical (unpaired) electrons. The molecular formula is C26H22N2O7. The Labute approximate surface area is 198 Å². The molecule has 178 valence electrons. The van der Waals surface area contributed by atoms with Crippen molar-refractivity contribution in [2.45, 2.75) is 18.1 Å². The predicted molar refractivity (Wildman–Crippen MR) is 127 cm³/mol. The van der Waals surface area contributed by atoms with Crippen LogP contribution in [0.25, 0.3) is 22.0 Å². The fourth-order valence-corrected chi connectivity index (χ4v) is 4.47. The van der Waals surface area contributed by atoms with Crippen LogP contribution in [0.5, 0.6) is 0 Å². The first-order valence-corrected chi connectivity index (χ1v) is 11.0. The zero-order valence-electron chi connectivity index (χ0n) is 18.4.